The molecular formula is C10H6N2OS. The molecule has 2 rings (SSSR count). The lowest BCUT2D eigenvalue weighted by atomic mass is 10.1. The van der Waals surface area contributed by atoms with Crippen LogP contribution >= 0.6 is 11.3 Å². The lowest BCUT2D eigenvalue weighted by Gasteiger charge is -2.02. The van der Waals surface area contributed by atoms with E-state index in [-0.39, 0.29) is 0 Å². The summed E-state index contributed by atoms with van der Waals surface area (Å²) in [6.07, 6.45) is 0.632. The van der Waals surface area contributed by atoms with E-state index in [1.165, 1.54) is 11.3 Å². The second-order valence-electron chi connectivity index (χ2n) is 2.82. The fraction of sp³-hybridized carbons (Fsp3) is 0. The Morgan fingerprint density at radius 1 is 1.57 bits per heavy atom. The van der Waals surface area contributed by atoms with Crippen molar-refractivity contribution in [1.82, 2.24) is 0 Å². The number of hydrogen-bond donors (Lipinski definition) is 1. The van der Waals surface area contributed by atoms with Crippen molar-refractivity contribution in [3.8, 4) is 6.07 Å². The fourth-order valence-electron chi connectivity index (χ4n) is 1.37. The highest BCUT2D eigenvalue weighted by Gasteiger charge is 2.10. The summed E-state index contributed by atoms with van der Waals surface area (Å²) in [5.41, 5.74) is 6.82. The minimum absolute atomic E-state index is 0.294. The van der Waals surface area contributed by atoms with Gasteiger partial charge in [-0.25, -0.2) is 0 Å². The lowest BCUT2D eigenvalue weighted by molar-refractivity contribution is 0.112. The highest BCUT2D eigenvalue weighted by Crippen LogP contribution is 2.31. The number of carbonyl (C=O) groups is 1. The summed E-state index contributed by atoms with van der Waals surface area (Å²) in [6, 6.07) is 5.53. The van der Waals surface area contributed by atoms with Crippen LogP contribution in [0.15, 0.2) is 17.5 Å². The van der Waals surface area contributed by atoms with Crippen LogP contribution in [0, 0.1) is 11.3 Å². The van der Waals surface area contributed by atoms with Crippen molar-refractivity contribution in [2.24, 2.45) is 0 Å². The normalized spacial score (nSPS) is 9.93. The molecular weight excluding hydrogens is 196 g/mol. The summed E-state index contributed by atoms with van der Waals surface area (Å²) in [7, 11) is 0. The zero-order valence-electron chi connectivity index (χ0n) is 7.15. The van der Waals surface area contributed by atoms with Crippen LogP contribution in [0.1, 0.15) is 15.9 Å². The maximum absolute atomic E-state index is 10.7. The first-order valence-corrected chi connectivity index (χ1v) is 4.81. The Morgan fingerprint density at radius 3 is 3.00 bits per heavy atom. The van der Waals surface area contributed by atoms with Crippen LogP contribution < -0.4 is 5.73 Å². The molecule has 68 valence electrons. The molecule has 0 saturated carbocycles. The third kappa shape index (κ3) is 1.07. The van der Waals surface area contributed by atoms with Crippen LogP contribution in [0.25, 0.3) is 10.1 Å². The number of nitrogen functional groups attached to an aromatic ring is 1. The number of hydrogen-bond acceptors (Lipinski definition) is 4. The minimum atomic E-state index is 0.294. The summed E-state index contributed by atoms with van der Waals surface area (Å²) >= 11 is 1.47. The van der Waals surface area contributed by atoms with Crippen molar-refractivity contribution in [3.63, 3.8) is 0 Å². The van der Waals surface area contributed by atoms with Gasteiger partial charge in [-0.1, -0.05) is 0 Å². The summed E-state index contributed by atoms with van der Waals surface area (Å²) in [6.45, 7) is 0. The Labute approximate surface area is 84.4 Å². The molecule has 0 aliphatic carbocycles. The van der Waals surface area contributed by atoms with Crippen molar-refractivity contribution in [1.29, 1.82) is 5.26 Å². The molecule has 1 aromatic carbocycles. The van der Waals surface area contributed by atoms with Crippen LogP contribution in [-0.4, -0.2) is 6.29 Å². The maximum atomic E-state index is 10.7. The number of thiophene rings is 1. The van der Waals surface area contributed by atoms with Crippen molar-refractivity contribution in [2.45, 2.75) is 0 Å². The zero-order chi connectivity index (χ0) is 10.1. The highest BCUT2D eigenvalue weighted by molar-refractivity contribution is 7.17. The molecule has 2 aromatic rings. The second-order valence-corrected chi connectivity index (χ2v) is 3.74. The molecule has 0 saturated heterocycles. The number of anilines is 1. The first kappa shape index (κ1) is 8.73. The van der Waals surface area contributed by atoms with E-state index in [0.29, 0.717) is 23.1 Å². The van der Waals surface area contributed by atoms with Gasteiger partial charge in [-0.3, -0.25) is 4.79 Å². The van der Waals surface area contributed by atoms with E-state index in [4.69, 9.17) is 11.0 Å². The Morgan fingerprint density at radius 2 is 2.36 bits per heavy atom. The number of nitriles is 1. The van der Waals surface area contributed by atoms with Crippen LogP contribution in [0.2, 0.25) is 0 Å². The second kappa shape index (κ2) is 3.13. The molecule has 4 heteroatoms. The standard InChI is InChI=1S/C10H6N2OS/c11-4-7-3-6-1-2-14-10(6)9(12)8(7)5-13/h1-3,5H,12H2. The van der Waals surface area contributed by atoms with Crippen LogP contribution in [-0.2, 0) is 0 Å². The number of benzene rings is 1. The third-order valence-corrected chi connectivity index (χ3v) is 3.02. The van der Waals surface area contributed by atoms with E-state index in [9.17, 15) is 4.79 Å². The number of nitrogens with zero attached hydrogens (tertiary/aromatic N) is 1. The first-order chi connectivity index (χ1) is 6.77. The topological polar surface area (TPSA) is 66.9 Å². The van der Waals surface area contributed by atoms with E-state index in [1.54, 1.807) is 6.07 Å². The molecule has 0 bridgehead atoms. The molecule has 0 atom stereocenters. The van der Waals surface area contributed by atoms with Gasteiger partial charge >= 0.3 is 0 Å². The van der Waals surface area contributed by atoms with Crippen molar-refractivity contribution < 1.29 is 4.79 Å². The molecule has 0 radical (unpaired) electrons. The van der Waals surface area contributed by atoms with Gasteiger partial charge in [0.2, 0.25) is 0 Å². The van der Waals surface area contributed by atoms with Crippen molar-refractivity contribution in [2.75, 3.05) is 5.73 Å². The number of fused-ring (bicyclic) bond motifs is 1. The largest absolute Gasteiger partial charge is 0.397 e. The highest BCUT2D eigenvalue weighted by atomic mass is 32.1. The lowest BCUT2D eigenvalue weighted by Crippen LogP contribution is -1.96. The number of rotatable bonds is 1. The SMILES string of the molecule is N#Cc1cc2ccsc2c(N)c1C=O. The number of carbonyl (C=O) groups excluding carboxylic acids is 1. The van der Waals surface area contributed by atoms with Gasteiger partial charge in [-0.2, -0.15) is 5.26 Å². The van der Waals surface area contributed by atoms with Gasteiger partial charge in [0.25, 0.3) is 0 Å². The van der Waals surface area contributed by atoms with E-state index >= 15 is 0 Å². The minimum Gasteiger partial charge on any atom is -0.397 e. The molecule has 0 spiro atoms. The van der Waals surface area contributed by atoms with Gasteiger partial charge in [-0.15, -0.1) is 11.3 Å². The molecule has 0 aliphatic rings. The van der Waals surface area contributed by atoms with Crippen LogP contribution in [0.5, 0.6) is 0 Å². The molecule has 0 fully saturated rings. The molecule has 2 N–H and O–H groups in total. The average molecular weight is 202 g/mol. The van der Waals surface area contributed by atoms with Gasteiger partial charge in [0.05, 0.1) is 27.6 Å². The predicted molar refractivity (Wildman–Crippen MR) is 56.3 cm³/mol. The van der Waals surface area contributed by atoms with E-state index < -0.39 is 0 Å². The quantitative estimate of drug-likeness (QED) is 0.569. The maximum Gasteiger partial charge on any atom is 0.153 e. The Bertz CT molecular complexity index is 551. The van der Waals surface area contributed by atoms with Crippen LogP contribution in [0.4, 0.5) is 5.69 Å². The van der Waals surface area contributed by atoms with Gasteiger partial charge in [0.15, 0.2) is 6.29 Å². The fourth-order valence-corrected chi connectivity index (χ4v) is 2.22. The Hall–Kier alpha value is -1.86. The smallest absolute Gasteiger partial charge is 0.153 e. The zero-order valence-corrected chi connectivity index (χ0v) is 7.97. The summed E-state index contributed by atoms with van der Waals surface area (Å²) in [4.78, 5) is 10.7. The number of aldehydes is 1. The third-order valence-electron chi connectivity index (χ3n) is 2.06. The monoisotopic (exact) mass is 202 g/mol. The van der Waals surface area contributed by atoms with E-state index in [2.05, 4.69) is 0 Å². The summed E-state index contributed by atoms with van der Waals surface area (Å²) in [5, 5.41) is 11.6. The molecule has 0 amide bonds. The molecule has 14 heavy (non-hydrogen) atoms. The predicted octanol–water partition coefficient (Wildman–Crippen LogP) is 2.17. The molecule has 0 unspecified atom stereocenters. The molecule has 0 aliphatic heterocycles. The summed E-state index contributed by atoms with van der Waals surface area (Å²) in [5.74, 6) is 0. The van der Waals surface area contributed by atoms with Gasteiger partial charge < -0.3 is 5.73 Å². The van der Waals surface area contributed by atoms with Gasteiger partial charge in [0.1, 0.15) is 0 Å². The van der Waals surface area contributed by atoms with Crippen molar-refractivity contribution in [3.05, 3.63) is 28.6 Å². The average Bonchev–Trinajstić information content (AvgIpc) is 2.65. The first-order valence-electron chi connectivity index (χ1n) is 3.93. The van der Waals surface area contributed by atoms with Crippen LogP contribution in [0.3, 0.4) is 0 Å². The molecule has 3 nitrogen and oxygen atoms in total. The Kier molecular flexibility index (Phi) is 1.95. The number of nitrogens with two attached hydrogens (primary N) is 1. The Balaban J connectivity index is 2.94. The summed E-state index contributed by atoms with van der Waals surface area (Å²) < 4.78 is 0.867. The van der Waals surface area contributed by atoms with Crippen molar-refractivity contribution >= 4 is 33.4 Å². The molecule has 1 aromatic heterocycles. The molecule has 1 heterocycles. The van der Waals surface area contributed by atoms with Gasteiger partial charge in [0, 0.05) is 0 Å². The van der Waals surface area contributed by atoms with E-state index in [0.717, 1.165) is 10.1 Å². The van der Waals surface area contributed by atoms with E-state index in [1.807, 2.05) is 17.5 Å². The van der Waals surface area contributed by atoms with Gasteiger partial charge in [-0.05, 0) is 22.9 Å².